The lowest BCUT2D eigenvalue weighted by molar-refractivity contribution is 0.671. The van der Waals surface area contributed by atoms with E-state index < -0.39 is 0 Å². The first-order valence-electron chi connectivity index (χ1n) is 6.04. The van der Waals surface area contributed by atoms with Gasteiger partial charge in [-0.3, -0.25) is 0 Å². The molecule has 0 atom stereocenters. The first-order chi connectivity index (χ1) is 8.70. The Balaban J connectivity index is 2.70. The lowest BCUT2D eigenvalue weighted by Gasteiger charge is -2.10. The highest BCUT2D eigenvalue weighted by Gasteiger charge is 2.19. The minimum absolute atomic E-state index is 0.564. The second kappa shape index (κ2) is 5.29. The van der Waals surface area contributed by atoms with E-state index in [2.05, 4.69) is 17.6 Å². The average molecular weight is 259 g/mol. The maximum atomic E-state index is 9.20. The van der Waals surface area contributed by atoms with Crippen molar-refractivity contribution < 1.29 is 0 Å². The molecule has 2 rings (SSSR count). The van der Waals surface area contributed by atoms with E-state index in [0.717, 1.165) is 29.9 Å². The molecule has 3 heteroatoms. The quantitative estimate of drug-likeness (QED) is 0.802. The van der Waals surface area contributed by atoms with Gasteiger partial charge in [0.2, 0.25) is 0 Å². The molecule has 0 saturated heterocycles. The van der Waals surface area contributed by atoms with Gasteiger partial charge in [-0.2, -0.15) is 5.26 Å². The Labute approximate surface area is 112 Å². The lowest BCUT2D eigenvalue weighted by Crippen LogP contribution is -2.01. The number of halogens is 1. The molecule has 18 heavy (non-hydrogen) atoms. The molecule has 0 aliphatic rings. The van der Waals surface area contributed by atoms with Crippen LogP contribution in [0, 0.1) is 18.3 Å². The van der Waals surface area contributed by atoms with Gasteiger partial charge in [0, 0.05) is 12.2 Å². The first-order valence-corrected chi connectivity index (χ1v) is 6.42. The predicted molar refractivity (Wildman–Crippen MR) is 74.6 cm³/mol. The molecule has 0 amide bonds. The van der Waals surface area contributed by atoms with E-state index in [1.807, 2.05) is 37.3 Å². The van der Waals surface area contributed by atoms with E-state index in [1.165, 1.54) is 0 Å². The Morgan fingerprint density at radius 2 is 1.94 bits per heavy atom. The van der Waals surface area contributed by atoms with E-state index >= 15 is 0 Å². The molecule has 2 aromatic rings. The molecular weight excluding hydrogens is 244 g/mol. The van der Waals surface area contributed by atoms with Crippen LogP contribution in [-0.4, -0.2) is 4.57 Å². The first kappa shape index (κ1) is 12.7. The Morgan fingerprint density at radius 1 is 1.28 bits per heavy atom. The summed E-state index contributed by atoms with van der Waals surface area (Å²) in [6.45, 7) is 4.94. The molecule has 0 fully saturated rings. The van der Waals surface area contributed by atoms with Crippen molar-refractivity contribution in [3.8, 4) is 17.3 Å². The number of hydrogen-bond acceptors (Lipinski definition) is 1. The second-order valence-corrected chi connectivity index (χ2v) is 4.63. The van der Waals surface area contributed by atoms with Crippen molar-refractivity contribution >= 4 is 11.6 Å². The molecule has 0 N–H and O–H groups in total. The number of nitriles is 1. The smallest absolute Gasteiger partial charge is 0.103 e. The van der Waals surface area contributed by atoms with E-state index in [9.17, 15) is 5.26 Å². The van der Waals surface area contributed by atoms with Crippen molar-refractivity contribution in [1.82, 2.24) is 4.57 Å². The predicted octanol–water partition coefficient (Wildman–Crippen LogP) is 4.40. The van der Waals surface area contributed by atoms with Crippen molar-refractivity contribution in [3.63, 3.8) is 0 Å². The highest BCUT2D eigenvalue weighted by atomic mass is 35.5. The van der Waals surface area contributed by atoms with Gasteiger partial charge in [-0.05, 0) is 18.9 Å². The fourth-order valence-electron chi connectivity index (χ4n) is 2.21. The van der Waals surface area contributed by atoms with Gasteiger partial charge in [0.05, 0.1) is 16.3 Å². The molecule has 1 heterocycles. The third kappa shape index (κ3) is 2.02. The molecule has 0 saturated carbocycles. The molecule has 1 aromatic heterocycles. The zero-order chi connectivity index (χ0) is 13.1. The molecule has 92 valence electrons. The van der Waals surface area contributed by atoms with E-state index in [-0.39, 0.29) is 0 Å². The molecule has 0 radical (unpaired) electrons. The van der Waals surface area contributed by atoms with E-state index in [0.29, 0.717) is 10.6 Å². The SMILES string of the molecule is CCCn1c(C)c(C#N)c(Cl)c1-c1ccccc1. The largest absolute Gasteiger partial charge is 0.342 e. The minimum Gasteiger partial charge on any atom is -0.342 e. The van der Waals surface area contributed by atoms with Gasteiger partial charge in [0.25, 0.3) is 0 Å². The van der Waals surface area contributed by atoms with Gasteiger partial charge < -0.3 is 4.57 Å². The van der Waals surface area contributed by atoms with Gasteiger partial charge in [-0.1, -0.05) is 48.9 Å². The number of benzene rings is 1. The second-order valence-electron chi connectivity index (χ2n) is 4.25. The highest BCUT2D eigenvalue weighted by molar-refractivity contribution is 6.34. The van der Waals surface area contributed by atoms with Gasteiger partial charge >= 0.3 is 0 Å². The van der Waals surface area contributed by atoms with Crippen LogP contribution in [-0.2, 0) is 6.54 Å². The molecule has 0 aliphatic carbocycles. The van der Waals surface area contributed by atoms with Crippen LogP contribution >= 0.6 is 11.6 Å². The van der Waals surface area contributed by atoms with Crippen molar-refractivity contribution in [2.45, 2.75) is 26.8 Å². The van der Waals surface area contributed by atoms with Crippen molar-refractivity contribution in [2.24, 2.45) is 0 Å². The van der Waals surface area contributed by atoms with Crippen LogP contribution in [0.4, 0.5) is 0 Å². The summed E-state index contributed by atoms with van der Waals surface area (Å²) >= 11 is 6.36. The molecule has 0 aliphatic heterocycles. The summed E-state index contributed by atoms with van der Waals surface area (Å²) in [6.07, 6.45) is 1.01. The summed E-state index contributed by atoms with van der Waals surface area (Å²) in [6, 6.07) is 12.2. The van der Waals surface area contributed by atoms with Crippen molar-refractivity contribution in [2.75, 3.05) is 0 Å². The van der Waals surface area contributed by atoms with Crippen LogP contribution in [0.5, 0.6) is 0 Å². The number of aromatic nitrogens is 1. The normalized spacial score (nSPS) is 10.3. The summed E-state index contributed by atoms with van der Waals surface area (Å²) in [7, 11) is 0. The van der Waals surface area contributed by atoms with Crippen molar-refractivity contribution in [3.05, 3.63) is 46.6 Å². The van der Waals surface area contributed by atoms with Gasteiger partial charge in [0.15, 0.2) is 0 Å². The summed E-state index contributed by atoms with van der Waals surface area (Å²) in [5.41, 5.74) is 3.54. The molecular formula is C15H15ClN2. The summed E-state index contributed by atoms with van der Waals surface area (Å²) in [5, 5.41) is 9.77. The number of nitrogens with zero attached hydrogens (tertiary/aromatic N) is 2. The average Bonchev–Trinajstić information content (AvgIpc) is 2.62. The van der Waals surface area contributed by atoms with Crippen LogP contribution < -0.4 is 0 Å². The Bertz CT molecular complexity index is 591. The summed E-state index contributed by atoms with van der Waals surface area (Å²) in [4.78, 5) is 0. The molecule has 0 bridgehead atoms. The van der Waals surface area contributed by atoms with Crippen LogP contribution in [0.2, 0.25) is 5.02 Å². The van der Waals surface area contributed by atoms with Gasteiger partial charge in [-0.15, -0.1) is 0 Å². The van der Waals surface area contributed by atoms with Gasteiger partial charge in [0.1, 0.15) is 6.07 Å². The Hall–Kier alpha value is -1.72. The maximum absolute atomic E-state index is 9.20. The highest BCUT2D eigenvalue weighted by Crippen LogP contribution is 2.35. The third-order valence-corrected chi connectivity index (χ3v) is 3.44. The summed E-state index contributed by atoms with van der Waals surface area (Å²) < 4.78 is 2.14. The standard InChI is InChI=1S/C15H15ClN2/c1-3-9-18-11(2)13(10-17)14(16)15(18)12-7-5-4-6-8-12/h4-8H,3,9H2,1-2H3. The Morgan fingerprint density at radius 3 is 2.50 bits per heavy atom. The minimum atomic E-state index is 0.564. The van der Waals surface area contributed by atoms with E-state index in [4.69, 9.17) is 11.6 Å². The fourth-order valence-corrected chi connectivity index (χ4v) is 2.60. The van der Waals surface area contributed by atoms with Gasteiger partial charge in [-0.25, -0.2) is 0 Å². The Kier molecular flexibility index (Phi) is 3.74. The number of hydrogen-bond donors (Lipinski definition) is 0. The summed E-state index contributed by atoms with van der Waals surface area (Å²) in [5.74, 6) is 0. The zero-order valence-electron chi connectivity index (χ0n) is 10.6. The van der Waals surface area contributed by atoms with Crippen LogP contribution in [0.3, 0.4) is 0 Å². The topological polar surface area (TPSA) is 28.7 Å². The fraction of sp³-hybridized carbons (Fsp3) is 0.267. The molecule has 1 aromatic carbocycles. The lowest BCUT2D eigenvalue weighted by atomic mass is 10.1. The monoisotopic (exact) mass is 258 g/mol. The van der Waals surface area contributed by atoms with Crippen LogP contribution in [0.15, 0.2) is 30.3 Å². The van der Waals surface area contributed by atoms with Crippen LogP contribution in [0.1, 0.15) is 24.6 Å². The molecule has 0 spiro atoms. The third-order valence-electron chi connectivity index (χ3n) is 3.07. The number of rotatable bonds is 3. The maximum Gasteiger partial charge on any atom is 0.103 e. The van der Waals surface area contributed by atoms with Crippen LogP contribution in [0.25, 0.3) is 11.3 Å². The zero-order valence-corrected chi connectivity index (χ0v) is 11.3. The molecule has 2 nitrogen and oxygen atoms in total. The molecule has 0 unspecified atom stereocenters. The van der Waals surface area contributed by atoms with E-state index in [1.54, 1.807) is 0 Å². The van der Waals surface area contributed by atoms with Crippen molar-refractivity contribution in [1.29, 1.82) is 5.26 Å².